The standard InChI is InChI=1S/C4H4O5.Zn/c5-2(4(8)9)1-3(6)7;/h1H2,(H,6,7)(H,8,9);. The summed E-state index contributed by atoms with van der Waals surface area (Å²) in [6, 6.07) is 0. The average molecular weight is 197 g/mol. The molecule has 0 aliphatic rings. The van der Waals surface area contributed by atoms with Gasteiger partial charge in [0.25, 0.3) is 5.78 Å². The van der Waals surface area contributed by atoms with Crippen molar-refractivity contribution in [2.24, 2.45) is 0 Å². The van der Waals surface area contributed by atoms with E-state index < -0.39 is 24.1 Å². The third kappa shape index (κ3) is 5.37. The first-order valence-electron chi connectivity index (χ1n) is 2.02. The van der Waals surface area contributed by atoms with Crippen LogP contribution in [0.2, 0.25) is 0 Å². The predicted octanol–water partition coefficient (Wildman–Crippen LogP) is -0.888. The number of aliphatic carboxylic acids is 2. The first-order valence-corrected chi connectivity index (χ1v) is 2.02. The van der Waals surface area contributed by atoms with E-state index in [1.807, 2.05) is 0 Å². The minimum Gasteiger partial charge on any atom is -0.481 e. The van der Waals surface area contributed by atoms with E-state index in [1.54, 1.807) is 0 Å². The molecular formula is C4H4O5Zn. The minimum atomic E-state index is -1.71. The molecule has 6 heteroatoms. The van der Waals surface area contributed by atoms with E-state index in [-0.39, 0.29) is 19.5 Å². The maximum Gasteiger partial charge on any atom is 0.372 e. The van der Waals surface area contributed by atoms with Crippen LogP contribution in [0.5, 0.6) is 0 Å². The second-order valence-electron chi connectivity index (χ2n) is 1.30. The first-order chi connectivity index (χ1) is 4.04. The molecule has 0 unspecified atom stereocenters. The van der Waals surface area contributed by atoms with E-state index in [4.69, 9.17) is 10.2 Å². The van der Waals surface area contributed by atoms with Crippen LogP contribution in [-0.4, -0.2) is 27.9 Å². The van der Waals surface area contributed by atoms with Crippen molar-refractivity contribution in [2.75, 3.05) is 0 Å². The fourth-order valence-electron chi connectivity index (χ4n) is 0.213. The summed E-state index contributed by atoms with van der Waals surface area (Å²) in [7, 11) is 0. The van der Waals surface area contributed by atoms with Crippen molar-refractivity contribution in [1.82, 2.24) is 0 Å². The second-order valence-corrected chi connectivity index (χ2v) is 1.30. The Hall–Kier alpha value is -0.767. The molecule has 0 bridgehead atoms. The van der Waals surface area contributed by atoms with Gasteiger partial charge < -0.3 is 10.2 Å². The number of ketones is 1. The Bertz CT molecular complexity index is 163. The Kier molecular flexibility index (Phi) is 6.04. The number of hydrogen-bond acceptors (Lipinski definition) is 3. The Morgan fingerprint density at radius 3 is 1.60 bits per heavy atom. The Labute approximate surface area is 68.8 Å². The Morgan fingerprint density at radius 1 is 1.10 bits per heavy atom. The van der Waals surface area contributed by atoms with Crippen molar-refractivity contribution < 1.29 is 44.1 Å². The van der Waals surface area contributed by atoms with E-state index in [1.165, 1.54) is 0 Å². The molecule has 52 valence electrons. The molecule has 0 aromatic heterocycles. The van der Waals surface area contributed by atoms with Crippen LogP contribution in [0.1, 0.15) is 6.42 Å². The van der Waals surface area contributed by atoms with Gasteiger partial charge in [-0.2, -0.15) is 0 Å². The monoisotopic (exact) mass is 196 g/mol. The fraction of sp³-hybridized carbons (Fsp3) is 0.250. The molecule has 0 rings (SSSR count). The summed E-state index contributed by atoms with van der Waals surface area (Å²) < 4.78 is 0. The summed E-state index contributed by atoms with van der Waals surface area (Å²) in [4.78, 5) is 29.2. The summed E-state index contributed by atoms with van der Waals surface area (Å²) in [5.41, 5.74) is 0. The summed E-state index contributed by atoms with van der Waals surface area (Å²) in [5, 5.41) is 15.7. The van der Waals surface area contributed by atoms with Gasteiger partial charge in [0.15, 0.2) is 0 Å². The summed E-state index contributed by atoms with van der Waals surface area (Å²) in [6.07, 6.45) is -0.949. The van der Waals surface area contributed by atoms with E-state index >= 15 is 0 Å². The van der Waals surface area contributed by atoms with Crippen LogP contribution in [0.15, 0.2) is 0 Å². The van der Waals surface area contributed by atoms with Gasteiger partial charge in [-0.1, -0.05) is 0 Å². The third-order valence-electron chi connectivity index (χ3n) is 0.550. The number of carboxylic acid groups (broad SMARTS) is 2. The largest absolute Gasteiger partial charge is 0.481 e. The molecule has 0 aliphatic heterocycles. The molecule has 0 heterocycles. The molecule has 0 aromatic rings. The van der Waals surface area contributed by atoms with Crippen LogP contribution in [0, 0.1) is 0 Å². The van der Waals surface area contributed by atoms with E-state index in [0.29, 0.717) is 0 Å². The molecule has 5 nitrogen and oxygen atoms in total. The van der Waals surface area contributed by atoms with Gasteiger partial charge >= 0.3 is 11.9 Å². The van der Waals surface area contributed by atoms with Gasteiger partial charge in [-0.05, 0) is 0 Å². The van der Waals surface area contributed by atoms with Crippen LogP contribution in [0.4, 0.5) is 0 Å². The number of carboxylic acids is 2. The zero-order valence-corrected chi connectivity index (χ0v) is 8.00. The van der Waals surface area contributed by atoms with Gasteiger partial charge in [0.05, 0.1) is 0 Å². The van der Waals surface area contributed by atoms with Crippen LogP contribution in [-0.2, 0) is 33.9 Å². The molecule has 0 radical (unpaired) electrons. The molecule has 0 amide bonds. The van der Waals surface area contributed by atoms with Crippen molar-refractivity contribution in [3.8, 4) is 0 Å². The minimum absolute atomic E-state index is 0. The van der Waals surface area contributed by atoms with E-state index in [0.717, 1.165) is 0 Å². The molecule has 10 heavy (non-hydrogen) atoms. The zero-order valence-electron chi connectivity index (χ0n) is 5.03. The quantitative estimate of drug-likeness (QED) is 0.348. The van der Waals surface area contributed by atoms with E-state index in [2.05, 4.69) is 0 Å². The normalized spacial score (nSPS) is 7.60. The molecule has 0 spiro atoms. The molecule has 0 atom stereocenters. The van der Waals surface area contributed by atoms with Gasteiger partial charge in [0.2, 0.25) is 0 Å². The molecule has 0 aromatic carbocycles. The number of carbonyl (C=O) groups is 3. The van der Waals surface area contributed by atoms with Gasteiger partial charge in [-0.3, -0.25) is 9.59 Å². The van der Waals surface area contributed by atoms with Gasteiger partial charge in [-0.25, -0.2) is 4.79 Å². The maximum absolute atomic E-state index is 9.97. The smallest absolute Gasteiger partial charge is 0.372 e. The molecule has 0 aliphatic carbocycles. The van der Waals surface area contributed by atoms with Gasteiger partial charge in [0.1, 0.15) is 6.42 Å². The van der Waals surface area contributed by atoms with Crippen LogP contribution in [0.3, 0.4) is 0 Å². The predicted molar refractivity (Wildman–Crippen MR) is 24.9 cm³/mol. The summed E-state index contributed by atoms with van der Waals surface area (Å²) in [6.45, 7) is 0. The van der Waals surface area contributed by atoms with Gasteiger partial charge in [0, 0.05) is 19.5 Å². The molecular weight excluding hydrogens is 193 g/mol. The topological polar surface area (TPSA) is 91.7 Å². The fourth-order valence-corrected chi connectivity index (χ4v) is 0.213. The number of rotatable bonds is 3. The van der Waals surface area contributed by atoms with Crippen molar-refractivity contribution in [3.63, 3.8) is 0 Å². The van der Waals surface area contributed by atoms with Crippen LogP contribution >= 0.6 is 0 Å². The Morgan fingerprint density at radius 2 is 1.50 bits per heavy atom. The van der Waals surface area contributed by atoms with Crippen molar-refractivity contribution in [1.29, 1.82) is 0 Å². The molecule has 0 fully saturated rings. The SMILES string of the molecule is O=C(O)CC(=O)C(=O)O.[Zn]. The number of carbonyl (C=O) groups excluding carboxylic acids is 1. The Balaban J connectivity index is 0. The maximum atomic E-state index is 9.97. The first kappa shape index (κ1) is 12.0. The van der Waals surface area contributed by atoms with Crippen molar-refractivity contribution in [3.05, 3.63) is 0 Å². The van der Waals surface area contributed by atoms with Crippen molar-refractivity contribution in [2.45, 2.75) is 6.42 Å². The van der Waals surface area contributed by atoms with Crippen LogP contribution < -0.4 is 0 Å². The van der Waals surface area contributed by atoms with Crippen molar-refractivity contribution >= 4 is 17.7 Å². The summed E-state index contributed by atoms with van der Waals surface area (Å²) >= 11 is 0. The van der Waals surface area contributed by atoms with Crippen LogP contribution in [0.25, 0.3) is 0 Å². The van der Waals surface area contributed by atoms with Gasteiger partial charge in [-0.15, -0.1) is 0 Å². The number of Topliss-reactive ketones (excluding diaryl/α,β-unsaturated/α-hetero) is 1. The molecule has 2 N–H and O–H groups in total. The third-order valence-corrected chi connectivity index (χ3v) is 0.550. The average Bonchev–Trinajstić information content (AvgIpc) is 1.63. The summed E-state index contributed by atoms with van der Waals surface area (Å²) in [5.74, 6) is -4.44. The second kappa shape index (κ2) is 5.05. The zero-order chi connectivity index (χ0) is 7.44. The molecule has 0 saturated heterocycles. The molecule has 0 saturated carbocycles. The number of hydrogen-bond donors (Lipinski definition) is 2. The van der Waals surface area contributed by atoms with E-state index in [9.17, 15) is 14.4 Å².